The first-order valence-electron chi connectivity index (χ1n) is 20.3. The molecule has 0 N–H and O–H groups in total. The average molecular weight is 699 g/mol. The lowest BCUT2D eigenvalue weighted by Crippen LogP contribution is -3.00. The molecule has 6 heteroatoms. The first-order chi connectivity index (χ1) is 22.9. The van der Waals surface area contributed by atoms with Crippen LogP contribution >= 0.6 is 0 Å². The molecule has 0 heterocycles. The second-order valence-corrected chi connectivity index (χ2v) is 14.6. The van der Waals surface area contributed by atoms with Gasteiger partial charge in [-0.15, -0.1) is 0 Å². The van der Waals surface area contributed by atoms with Crippen LogP contribution in [0.25, 0.3) is 0 Å². The first kappa shape index (κ1) is 48.8. The van der Waals surface area contributed by atoms with Crippen LogP contribution in [-0.4, -0.2) is 56.8 Å². The van der Waals surface area contributed by atoms with Crippen molar-refractivity contribution in [2.75, 3.05) is 40.4 Å². The third-order valence-electron chi connectivity index (χ3n) is 8.95. The topological polar surface area (TPSA) is 52.6 Å². The Labute approximate surface area is 305 Å². The zero-order valence-electron chi connectivity index (χ0n) is 32.4. The van der Waals surface area contributed by atoms with Gasteiger partial charge in [-0.2, -0.15) is 0 Å². The number of allylic oxidation sites excluding steroid dienone is 4. The molecule has 0 aromatic rings. The zero-order chi connectivity index (χ0) is 34.5. The molecule has 0 aliphatic heterocycles. The highest BCUT2D eigenvalue weighted by molar-refractivity contribution is 5.73. The van der Waals surface area contributed by atoms with Gasteiger partial charge in [-0.25, -0.2) is 9.59 Å². The largest absolute Gasteiger partial charge is 1.00 e. The molecule has 0 saturated heterocycles. The second kappa shape index (κ2) is 38.5. The van der Waals surface area contributed by atoms with Gasteiger partial charge < -0.3 is 26.4 Å². The maximum absolute atomic E-state index is 12.3. The SMILES string of the molecule is CCCCCCCC/C=C\CCCCCCCCOC(=O)C[N+](C)(C)CC(=O)OCCCCCCCC/C=C\CCCCCCCC.[Cl-]. The fourth-order valence-electron chi connectivity index (χ4n) is 5.92. The molecular weight excluding hydrogens is 618 g/mol. The molecule has 5 nitrogen and oxygen atoms in total. The highest BCUT2D eigenvalue weighted by Gasteiger charge is 2.25. The molecule has 48 heavy (non-hydrogen) atoms. The van der Waals surface area contributed by atoms with E-state index >= 15 is 0 Å². The minimum absolute atomic E-state index is 0. The van der Waals surface area contributed by atoms with Gasteiger partial charge in [0.15, 0.2) is 13.1 Å². The number of nitrogens with zero attached hydrogens (tertiary/aromatic N) is 1. The molecule has 0 aliphatic rings. The number of unbranched alkanes of at least 4 members (excludes halogenated alkanes) is 24. The van der Waals surface area contributed by atoms with Crippen LogP contribution in [0.2, 0.25) is 0 Å². The van der Waals surface area contributed by atoms with Gasteiger partial charge >= 0.3 is 11.9 Å². The standard InChI is InChI=1S/C42H80NO4.ClH/c1-5-7-9-11-13-15-17-19-21-23-25-27-29-31-33-35-37-46-41(44)39-43(3,4)40-42(45)47-38-36-34-32-30-28-26-24-22-20-18-16-14-12-10-8-6-2;/h19-22H,5-18,23-40H2,1-4H3;1H/q+1;/p-1/b21-19-,22-20-;. The minimum atomic E-state index is -0.233. The van der Waals surface area contributed by atoms with Gasteiger partial charge in [-0.1, -0.05) is 154 Å². The maximum atomic E-state index is 12.3. The van der Waals surface area contributed by atoms with Crippen LogP contribution in [0.1, 0.15) is 194 Å². The fourth-order valence-corrected chi connectivity index (χ4v) is 5.92. The summed E-state index contributed by atoms with van der Waals surface area (Å²) in [5.74, 6) is -0.465. The van der Waals surface area contributed by atoms with Crippen LogP contribution in [0, 0.1) is 0 Å². The van der Waals surface area contributed by atoms with E-state index in [-0.39, 0.29) is 41.9 Å². The number of quaternary nitrogens is 1. The fraction of sp³-hybridized carbons (Fsp3) is 0.857. The molecule has 0 amide bonds. The van der Waals surface area contributed by atoms with Crippen molar-refractivity contribution in [3.8, 4) is 0 Å². The summed E-state index contributed by atoms with van der Waals surface area (Å²) in [4.78, 5) is 24.7. The first-order valence-corrected chi connectivity index (χ1v) is 20.3. The highest BCUT2D eigenvalue weighted by atomic mass is 35.5. The summed E-state index contributed by atoms with van der Waals surface area (Å²) in [6, 6.07) is 0. The number of hydrogen-bond donors (Lipinski definition) is 0. The van der Waals surface area contributed by atoms with Crippen molar-refractivity contribution in [2.45, 2.75) is 194 Å². The Morgan fingerprint density at radius 1 is 0.417 bits per heavy atom. The van der Waals surface area contributed by atoms with E-state index in [2.05, 4.69) is 38.2 Å². The van der Waals surface area contributed by atoms with Crippen molar-refractivity contribution >= 4 is 11.9 Å². The van der Waals surface area contributed by atoms with Gasteiger partial charge in [0.2, 0.25) is 0 Å². The van der Waals surface area contributed by atoms with Crippen LogP contribution in [0.15, 0.2) is 24.3 Å². The smallest absolute Gasteiger partial charge is 0.361 e. The van der Waals surface area contributed by atoms with E-state index in [4.69, 9.17) is 9.47 Å². The summed E-state index contributed by atoms with van der Waals surface area (Å²) in [7, 11) is 3.77. The van der Waals surface area contributed by atoms with Crippen molar-refractivity contribution in [3.05, 3.63) is 24.3 Å². The number of hydrogen-bond acceptors (Lipinski definition) is 4. The molecule has 0 unspecified atom stereocenters. The Bertz CT molecular complexity index is 692. The Kier molecular flexibility index (Phi) is 39.1. The highest BCUT2D eigenvalue weighted by Crippen LogP contribution is 2.12. The lowest BCUT2D eigenvalue weighted by atomic mass is 10.1. The number of carbonyl (C=O) groups is 2. The zero-order valence-corrected chi connectivity index (χ0v) is 33.2. The van der Waals surface area contributed by atoms with Gasteiger partial charge in [-0.3, -0.25) is 0 Å². The van der Waals surface area contributed by atoms with Crippen LogP contribution in [0.5, 0.6) is 0 Å². The lowest BCUT2D eigenvalue weighted by molar-refractivity contribution is -0.875. The molecule has 0 bridgehead atoms. The van der Waals surface area contributed by atoms with Crippen molar-refractivity contribution in [1.82, 2.24) is 0 Å². The number of esters is 2. The van der Waals surface area contributed by atoms with E-state index in [1.807, 2.05) is 14.1 Å². The molecule has 0 aliphatic carbocycles. The lowest BCUT2D eigenvalue weighted by Gasteiger charge is -2.27. The van der Waals surface area contributed by atoms with Gasteiger partial charge in [0.1, 0.15) is 0 Å². The van der Waals surface area contributed by atoms with Crippen LogP contribution in [0.4, 0.5) is 0 Å². The van der Waals surface area contributed by atoms with E-state index < -0.39 is 0 Å². The number of halogens is 1. The molecule has 0 atom stereocenters. The Morgan fingerprint density at radius 2 is 0.667 bits per heavy atom. The van der Waals surface area contributed by atoms with Crippen LogP contribution < -0.4 is 12.4 Å². The summed E-state index contributed by atoms with van der Waals surface area (Å²) in [6.45, 7) is 5.87. The third kappa shape index (κ3) is 39.1. The van der Waals surface area contributed by atoms with Gasteiger partial charge in [0.05, 0.1) is 27.3 Å². The number of rotatable bonds is 36. The second-order valence-electron chi connectivity index (χ2n) is 14.6. The third-order valence-corrected chi connectivity index (χ3v) is 8.95. The number of carbonyl (C=O) groups excluding carboxylic acids is 2. The predicted molar refractivity (Wildman–Crippen MR) is 203 cm³/mol. The Morgan fingerprint density at radius 3 is 0.958 bits per heavy atom. The Hall–Kier alpha value is -1.33. The van der Waals surface area contributed by atoms with Gasteiger partial charge in [-0.05, 0) is 64.2 Å². The minimum Gasteiger partial charge on any atom is -1.00 e. The molecule has 0 rings (SSSR count). The van der Waals surface area contributed by atoms with Crippen molar-refractivity contribution in [3.63, 3.8) is 0 Å². The van der Waals surface area contributed by atoms with E-state index in [0.717, 1.165) is 25.7 Å². The predicted octanol–water partition coefficient (Wildman–Crippen LogP) is 9.23. The summed E-state index contributed by atoms with van der Waals surface area (Å²) < 4.78 is 11.2. The molecule has 0 aromatic heterocycles. The van der Waals surface area contributed by atoms with Crippen LogP contribution in [0.3, 0.4) is 0 Å². The van der Waals surface area contributed by atoms with E-state index in [1.165, 1.54) is 154 Å². The molecule has 0 saturated carbocycles. The summed E-state index contributed by atoms with van der Waals surface area (Å²) in [5.41, 5.74) is 0. The van der Waals surface area contributed by atoms with E-state index in [0.29, 0.717) is 13.2 Å². The normalized spacial score (nSPS) is 11.8. The average Bonchev–Trinajstić information content (AvgIpc) is 3.03. The summed E-state index contributed by atoms with van der Waals surface area (Å²) in [5, 5.41) is 0. The molecule has 284 valence electrons. The molecule has 0 aromatic carbocycles. The monoisotopic (exact) mass is 698 g/mol. The van der Waals surface area contributed by atoms with Crippen LogP contribution in [-0.2, 0) is 19.1 Å². The van der Waals surface area contributed by atoms with E-state index in [1.54, 1.807) is 0 Å². The molecule has 0 spiro atoms. The van der Waals surface area contributed by atoms with Crippen molar-refractivity contribution in [1.29, 1.82) is 0 Å². The summed E-state index contributed by atoms with van der Waals surface area (Å²) in [6.07, 6.45) is 44.8. The molecule has 0 fully saturated rings. The molecular formula is C42H80ClNO4. The molecule has 0 radical (unpaired) electrons. The van der Waals surface area contributed by atoms with Gasteiger partial charge in [0, 0.05) is 0 Å². The number of ether oxygens (including phenoxy) is 2. The Balaban J connectivity index is 0. The quantitative estimate of drug-likeness (QED) is 0.0284. The van der Waals surface area contributed by atoms with Crippen molar-refractivity contribution in [2.24, 2.45) is 0 Å². The number of likely N-dealkylation sites (N-methyl/N-ethyl adjacent to an activating group) is 1. The van der Waals surface area contributed by atoms with Gasteiger partial charge in [0.25, 0.3) is 0 Å². The van der Waals surface area contributed by atoms with Crippen molar-refractivity contribution < 1.29 is 36.0 Å². The van der Waals surface area contributed by atoms with E-state index in [9.17, 15) is 9.59 Å². The maximum Gasteiger partial charge on any atom is 0.361 e. The summed E-state index contributed by atoms with van der Waals surface area (Å²) >= 11 is 0.